The molecule has 0 aromatic heterocycles. The highest BCUT2D eigenvalue weighted by atomic mass is 15.0. The molecule has 1 N–H and O–H groups in total. The van der Waals surface area contributed by atoms with E-state index in [4.69, 9.17) is 5.26 Å². The fraction of sp³-hybridized carbons (Fsp3) is 0.533. The highest BCUT2D eigenvalue weighted by molar-refractivity contribution is 5.20. The van der Waals surface area contributed by atoms with E-state index in [1.54, 1.807) is 0 Å². The Morgan fingerprint density at radius 3 is 2.71 bits per heavy atom. The Balaban J connectivity index is 2.01. The van der Waals surface area contributed by atoms with Crippen LogP contribution < -0.4 is 5.32 Å². The second-order valence-electron chi connectivity index (χ2n) is 5.11. The number of nitriles is 1. The lowest BCUT2D eigenvalue weighted by Gasteiger charge is -2.21. The number of nitrogens with zero attached hydrogens (tertiary/aromatic N) is 1. The molecule has 90 valence electrons. The minimum absolute atomic E-state index is 0.191. The minimum Gasteiger partial charge on any atom is -0.306 e. The molecule has 0 aliphatic heterocycles. The van der Waals surface area contributed by atoms with Gasteiger partial charge in [-0.3, -0.25) is 0 Å². The molecule has 2 rings (SSSR count). The molecule has 0 saturated heterocycles. The van der Waals surface area contributed by atoms with E-state index in [2.05, 4.69) is 30.4 Å². The van der Waals surface area contributed by atoms with Gasteiger partial charge in [-0.25, -0.2) is 0 Å². The molecule has 17 heavy (non-hydrogen) atoms. The molecule has 0 amide bonds. The van der Waals surface area contributed by atoms with Crippen molar-refractivity contribution < 1.29 is 0 Å². The average Bonchev–Trinajstić information content (AvgIpc) is 2.75. The van der Waals surface area contributed by atoms with Gasteiger partial charge in [-0.05, 0) is 30.7 Å². The van der Waals surface area contributed by atoms with Crippen molar-refractivity contribution in [2.24, 2.45) is 5.92 Å². The summed E-state index contributed by atoms with van der Waals surface area (Å²) in [4.78, 5) is 0. The third kappa shape index (κ3) is 3.31. The van der Waals surface area contributed by atoms with Crippen molar-refractivity contribution in [3.8, 4) is 6.07 Å². The smallest absolute Gasteiger partial charge is 0.0641 e. The van der Waals surface area contributed by atoms with Crippen molar-refractivity contribution in [1.29, 1.82) is 5.26 Å². The molecule has 1 aromatic carbocycles. The van der Waals surface area contributed by atoms with Crippen molar-refractivity contribution in [3.05, 3.63) is 35.9 Å². The summed E-state index contributed by atoms with van der Waals surface area (Å²) in [7, 11) is 0. The molecule has 3 atom stereocenters. The first kappa shape index (κ1) is 12.1. The zero-order valence-electron chi connectivity index (χ0n) is 10.4. The molecule has 1 aromatic rings. The quantitative estimate of drug-likeness (QED) is 0.857. The maximum Gasteiger partial charge on any atom is 0.0641 e. The number of benzene rings is 1. The normalized spacial score (nSPS) is 25.4. The minimum atomic E-state index is 0.191. The Labute approximate surface area is 104 Å². The van der Waals surface area contributed by atoms with E-state index in [0.29, 0.717) is 12.5 Å². The second-order valence-corrected chi connectivity index (χ2v) is 5.11. The lowest BCUT2D eigenvalue weighted by atomic mass is 10.0. The third-order valence-electron chi connectivity index (χ3n) is 3.63. The predicted octanol–water partition coefficient (Wildman–Crippen LogP) is 3.42. The summed E-state index contributed by atoms with van der Waals surface area (Å²) in [6.45, 7) is 2.31. The molecular weight excluding hydrogens is 208 g/mol. The van der Waals surface area contributed by atoms with Crippen LogP contribution in [0.2, 0.25) is 0 Å². The summed E-state index contributed by atoms with van der Waals surface area (Å²) in [5.74, 6) is 0.825. The lowest BCUT2D eigenvalue weighted by molar-refractivity contribution is 0.433. The van der Waals surface area contributed by atoms with Crippen LogP contribution in [-0.4, -0.2) is 6.04 Å². The Morgan fingerprint density at radius 2 is 2.12 bits per heavy atom. The van der Waals surface area contributed by atoms with Crippen LogP contribution >= 0.6 is 0 Å². The van der Waals surface area contributed by atoms with E-state index in [-0.39, 0.29) is 6.04 Å². The maximum atomic E-state index is 8.93. The number of hydrogen-bond donors (Lipinski definition) is 1. The van der Waals surface area contributed by atoms with Crippen LogP contribution in [0.3, 0.4) is 0 Å². The van der Waals surface area contributed by atoms with Gasteiger partial charge in [0.1, 0.15) is 0 Å². The SMILES string of the molecule is CC1CCC(NC(CC#N)c2ccccc2)C1. The van der Waals surface area contributed by atoms with E-state index in [1.165, 1.54) is 24.8 Å². The first-order chi connectivity index (χ1) is 8.29. The summed E-state index contributed by atoms with van der Waals surface area (Å²) < 4.78 is 0. The van der Waals surface area contributed by atoms with Crippen LogP contribution in [0.15, 0.2) is 30.3 Å². The molecule has 1 aliphatic rings. The summed E-state index contributed by atoms with van der Waals surface area (Å²) in [6.07, 6.45) is 4.35. The van der Waals surface area contributed by atoms with Crippen LogP contribution in [0.4, 0.5) is 0 Å². The average molecular weight is 228 g/mol. The van der Waals surface area contributed by atoms with Crippen molar-refractivity contribution in [2.75, 3.05) is 0 Å². The van der Waals surface area contributed by atoms with Gasteiger partial charge in [0.2, 0.25) is 0 Å². The number of rotatable bonds is 4. The largest absolute Gasteiger partial charge is 0.306 e. The lowest BCUT2D eigenvalue weighted by Crippen LogP contribution is -2.30. The Morgan fingerprint density at radius 1 is 1.35 bits per heavy atom. The van der Waals surface area contributed by atoms with E-state index >= 15 is 0 Å². The molecule has 1 saturated carbocycles. The van der Waals surface area contributed by atoms with E-state index in [9.17, 15) is 0 Å². The molecular formula is C15H20N2. The monoisotopic (exact) mass is 228 g/mol. The standard InChI is InChI=1S/C15H20N2/c1-12-7-8-14(11-12)17-15(9-10-16)13-5-3-2-4-6-13/h2-6,12,14-15,17H,7-9,11H2,1H3. The molecule has 0 bridgehead atoms. The predicted molar refractivity (Wildman–Crippen MR) is 69.4 cm³/mol. The van der Waals surface area contributed by atoms with Gasteiger partial charge in [0.25, 0.3) is 0 Å². The molecule has 0 heterocycles. The topological polar surface area (TPSA) is 35.8 Å². The van der Waals surface area contributed by atoms with Crippen LogP contribution in [0.1, 0.15) is 44.2 Å². The molecule has 2 nitrogen and oxygen atoms in total. The van der Waals surface area contributed by atoms with Crippen LogP contribution in [-0.2, 0) is 0 Å². The first-order valence-corrected chi connectivity index (χ1v) is 6.47. The highest BCUT2D eigenvalue weighted by Gasteiger charge is 2.24. The second kappa shape index (κ2) is 5.84. The van der Waals surface area contributed by atoms with Crippen molar-refractivity contribution >= 4 is 0 Å². The van der Waals surface area contributed by atoms with Gasteiger partial charge in [-0.15, -0.1) is 0 Å². The number of hydrogen-bond acceptors (Lipinski definition) is 2. The Bertz CT molecular complexity index is 380. The van der Waals surface area contributed by atoms with Gasteiger partial charge in [0, 0.05) is 12.1 Å². The molecule has 1 fully saturated rings. The van der Waals surface area contributed by atoms with Crippen molar-refractivity contribution in [2.45, 2.75) is 44.7 Å². The van der Waals surface area contributed by atoms with E-state index < -0.39 is 0 Å². The number of nitrogens with one attached hydrogen (secondary N) is 1. The van der Waals surface area contributed by atoms with Crippen LogP contribution in [0.5, 0.6) is 0 Å². The van der Waals surface area contributed by atoms with E-state index in [0.717, 1.165) is 5.92 Å². The summed E-state index contributed by atoms with van der Waals surface area (Å²) >= 11 is 0. The first-order valence-electron chi connectivity index (χ1n) is 6.47. The summed E-state index contributed by atoms with van der Waals surface area (Å²) in [5, 5.41) is 12.6. The van der Waals surface area contributed by atoms with Gasteiger partial charge in [0.15, 0.2) is 0 Å². The Hall–Kier alpha value is -1.33. The van der Waals surface area contributed by atoms with Crippen molar-refractivity contribution in [3.63, 3.8) is 0 Å². The van der Waals surface area contributed by atoms with Gasteiger partial charge in [-0.2, -0.15) is 5.26 Å². The molecule has 0 radical (unpaired) electrons. The molecule has 1 aliphatic carbocycles. The van der Waals surface area contributed by atoms with Gasteiger partial charge < -0.3 is 5.32 Å². The fourth-order valence-corrected chi connectivity index (χ4v) is 2.69. The van der Waals surface area contributed by atoms with Crippen LogP contribution in [0.25, 0.3) is 0 Å². The van der Waals surface area contributed by atoms with Crippen molar-refractivity contribution in [1.82, 2.24) is 5.32 Å². The zero-order valence-corrected chi connectivity index (χ0v) is 10.4. The molecule has 2 heteroatoms. The molecule has 0 spiro atoms. The fourth-order valence-electron chi connectivity index (χ4n) is 2.69. The highest BCUT2D eigenvalue weighted by Crippen LogP contribution is 2.27. The summed E-state index contributed by atoms with van der Waals surface area (Å²) in [5.41, 5.74) is 1.23. The van der Waals surface area contributed by atoms with Gasteiger partial charge in [0.05, 0.1) is 12.5 Å². The summed E-state index contributed by atoms with van der Waals surface area (Å²) in [6, 6.07) is 13.4. The van der Waals surface area contributed by atoms with E-state index in [1.807, 2.05) is 18.2 Å². The third-order valence-corrected chi connectivity index (χ3v) is 3.63. The Kier molecular flexibility index (Phi) is 4.17. The molecule has 3 unspecified atom stereocenters. The maximum absolute atomic E-state index is 8.93. The van der Waals surface area contributed by atoms with Gasteiger partial charge >= 0.3 is 0 Å². The van der Waals surface area contributed by atoms with Gasteiger partial charge in [-0.1, -0.05) is 37.3 Å². The van der Waals surface area contributed by atoms with Crippen LogP contribution in [0, 0.1) is 17.2 Å². The zero-order chi connectivity index (χ0) is 12.1.